The number of H-pyrrole nitrogens is 1. The second kappa shape index (κ2) is 4.92. The van der Waals surface area contributed by atoms with E-state index in [9.17, 15) is 4.79 Å². The van der Waals surface area contributed by atoms with Crippen molar-refractivity contribution >= 4 is 15.9 Å². The van der Waals surface area contributed by atoms with Crippen LogP contribution in [0.4, 0.5) is 0 Å². The molecule has 1 fully saturated rings. The Balaban J connectivity index is 2.20. The number of aromatic nitrogens is 1. The van der Waals surface area contributed by atoms with Gasteiger partial charge in [0, 0.05) is 12.8 Å². The minimum absolute atomic E-state index is 0.103. The van der Waals surface area contributed by atoms with Gasteiger partial charge in [-0.1, -0.05) is 0 Å². The topological polar surface area (TPSA) is 54.1 Å². The average Bonchev–Trinajstić information content (AvgIpc) is 2.50. The first-order valence-electron chi connectivity index (χ1n) is 4.96. The molecule has 1 aliphatic heterocycles. The van der Waals surface area contributed by atoms with Gasteiger partial charge in [-0.25, -0.2) is 0 Å². The molecule has 1 unspecified atom stereocenters. The predicted octanol–water partition coefficient (Wildman–Crippen LogP) is 1.19. The van der Waals surface area contributed by atoms with Gasteiger partial charge in [-0.05, 0) is 40.5 Å². The molecule has 4 nitrogen and oxygen atoms in total. The SMILES string of the molecule is O=c1[nH]cc(C2COCCCN2)cc1Br. The minimum atomic E-state index is -0.103. The highest BCUT2D eigenvalue weighted by Crippen LogP contribution is 2.16. The smallest absolute Gasteiger partial charge is 0.262 e. The van der Waals surface area contributed by atoms with E-state index in [2.05, 4.69) is 26.2 Å². The van der Waals surface area contributed by atoms with Gasteiger partial charge < -0.3 is 15.0 Å². The molecule has 0 aliphatic carbocycles. The predicted molar refractivity (Wildman–Crippen MR) is 60.9 cm³/mol. The Bertz CT molecular complexity index is 383. The molecule has 1 saturated heterocycles. The number of rotatable bonds is 1. The molecule has 15 heavy (non-hydrogen) atoms. The third-order valence-electron chi connectivity index (χ3n) is 2.42. The van der Waals surface area contributed by atoms with Crippen LogP contribution >= 0.6 is 15.9 Å². The number of hydrogen-bond acceptors (Lipinski definition) is 3. The van der Waals surface area contributed by atoms with Crippen molar-refractivity contribution in [3.63, 3.8) is 0 Å². The van der Waals surface area contributed by atoms with Gasteiger partial charge >= 0.3 is 0 Å². The molecule has 1 aromatic heterocycles. The van der Waals surface area contributed by atoms with Crippen molar-refractivity contribution in [2.24, 2.45) is 0 Å². The van der Waals surface area contributed by atoms with Gasteiger partial charge in [0.15, 0.2) is 0 Å². The maximum absolute atomic E-state index is 11.2. The highest BCUT2D eigenvalue weighted by molar-refractivity contribution is 9.10. The molecule has 0 aromatic carbocycles. The van der Waals surface area contributed by atoms with Crippen molar-refractivity contribution in [3.8, 4) is 0 Å². The first-order chi connectivity index (χ1) is 7.27. The number of aromatic amines is 1. The second-order valence-electron chi connectivity index (χ2n) is 3.55. The molecule has 1 aromatic rings. The van der Waals surface area contributed by atoms with Crippen LogP contribution in [0.2, 0.25) is 0 Å². The maximum Gasteiger partial charge on any atom is 0.262 e. The summed E-state index contributed by atoms with van der Waals surface area (Å²) in [4.78, 5) is 13.9. The quantitative estimate of drug-likeness (QED) is 0.808. The molecule has 82 valence electrons. The molecule has 2 rings (SSSR count). The van der Waals surface area contributed by atoms with Gasteiger partial charge in [0.05, 0.1) is 17.1 Å². The normalized spacial score (nSPS) is 22.3. The lowest BCUT2D eigenvalue weighted by atomic mass is 10.1. The van der Waals surface area contributed by atoms with E-state index in [0.29, 0.717) is 11.1 Å². The van der Waals surface area contributed by atoms with Gasteiger partial charge in [-0.15, -0.1) is 0 Å². The summed E-state index contributed by atoms with van der Waals surface area (Å²) in [6.07, 6.45) is 2.76. The Labute approximate surface area is 96.2 Å². The molecular weight excluding hydrogens is 260 g/mol. The van der Waals surface area contributed by atoms with Crippen molar-refractivity contribution < 1.29 is 4.74 Å². The average molecular weight is 273 g/mol. The zero-order valence-electron chi connectivity index (χ0n) is 8.25. The van der Waals surface area contributed by atoms with Crippen LogP contribution in [0.25, 0.3) is 0 Å². The molecule has 0 saturated carbocycles. The molecule has 2 N–H and O–H groups in total. The third-order valence-corrected chi connectivity index (χ3v) is 3.01. The Morgan fingerprint density at radius 3 is 3.20 bits per heavy atom. The summed E-state index contributed by atoms with van der Waals surface area (Å²) in [5.41, 5.74) is 0.941. The maximum atomic E-state index is 11.2. The fourth-order valence-corrected chi connectivity index (χ4v) is 1.98. The van der Waals surface area contributed by atoms with Gasteiger partial charge in [0.1, 0.15) is 0 Å². The highest BCUT2D eigenvalue weighted by atomic mass is 79.9. The first kappa shape index (κ1) is 10.9. The van der Waals surface area contributed by atoms with Gasteiger partial charge in [-0.3, -0.25) is 4.79 Å². The largest absolute Gasteiger partial charge is 0.379 e. The van der Waals surface area contributed by atoms with Crippen molar-refractivity contribution in [3.05, 3.63) is 32.7 Å². The Hall–Kier alpha value is -0.650. The molecule has 2 heterocycles. The van der Waals surface area contributed by atoms with Gasteiger partial charge in [0.2, 0.25) is 0 Å². The molecule has 0 amide bonds. The minimum Gasteiger partial charge on any atom is -0.379 e. The first-order valence-corrected chi connectivity index (χ1v) is 5.76. The summed E-state index contributed by atoms with van der Waals surface area (Å²) in [7, 11) is 0. The van der Waals surface area contributed by atoms with Crippen LogP contribution in [0.5, 0.6) is 0 Å². The van der Waals surface area contributed by atoms with Crippen LogP contribution in [-0.4, -0.2) is 24.7 Å². The second-order valence-corrected chi connectivity index (χ2v) is 4.40. The van der Waals surface area contributed by atoms with Crippen molar-refractivity contribution in [2.45, 2.75) is 12.5 Å². The van der Waals surface area contributed by atoms with Gasteiger partial charge in [0.25, 0.3) is 5.56 Å². The molecule has 1 aliphatic rings. The van der Waals surface area contributed by atoms with Crippen LogP contribution < -0.4 is 10.9 Å². The van der Waals surface area contributed by atoms with Gasteiger partial charge in [-0.2, -0.15) is 0 Å². The lowest BCUT2D eigenvalue weighted by molar-refractivity contribution is 0.131. The fraction of sp³-hybridized carbons (Fsp3) is 0.500. The van der Waals surface area contributed by atoms with E-state index in [0.717, 1.165) is 25.1 Å². The van der Waals surface area contributed by atoms with E-state index < -0.39 is 0 Å². The Morgan fingerprint density at radius 1 is 1.53 bits per heavy atom. The van der Waals surface area contributed by atoms with Crippen LogP contribution in [0.3, 0.4) is 0 Å². The Morgan fingerprint density at radius 2 is 2.40 bits per heavy atom. The number of hydrogen-bond donors (Lipinski definition) is 2. The van der Waals surface area contributed by atoms with Crippen LogP contribution in [0.15, 0.2) is 21.5 Å². The molecule has 0 spiro atoms. The fourth-order valence-electron chi connectivity index (χ4n) is 1.60. The van der Waals surface area contributed by atoms with E-state index in [1.807, 2.05) is 6.07 Å². The number of halogens is 1. The molecule has 1 atom stereocenters. The molecular formula is C10H13BrN2O2. The van der Waals surface area contributed by atoms with Crippen molar-refractivity contribution in [1.82, 2.24) is 10.3 Å². The number of pyridine rings is 1. The van der Waals surface area contributed by atoms with E-state index in [4.69, 9.17) is 4.74 Å². The van der Waals surface area contributed by atoms with Crippen LogP contribution in [0.1, 0.15) is 18.0 Å². The lowest BCUT2D eigenvalue weighted by Crippen LogP contribution is -2.24. The summed E-state index contributed by atoms with van der Waals surface area (Å²) in [6.45, 7) is 2.40. The number of ether oxygens (including phenoxy) is 1. The molecule has 0 radical (unpaired) electrons. The summed E-state index contributed by atoms with van der Waals surface area (Å²) >= 11 is 3.22. The summed E-state index contributed by atoms with van der Waals surface area (Å²) < 4.78 is 6.02. The summed E-state index contributed by atoms with van der Waals surface area (Å²) in [6, 6.07) is 2.01. The van der Waals surface area contributed by atoms with Crippen molar-refractivity contribution in [1.29, 1.82) is 0 Å². The summed E-state index contributed by atoms with van der Waals surface area (Å²) in [5.74, 6) is 0. The standard InChI is InChI=1S/C10H13BrN2O2/c11-8-4-7(5-13-10(8)14)9-6-15-3-1-2-12-9/h4-5,9,12H,1-3,6H2,(H,13,14). The summed E-state index contributed by atoms with van der Waals surface area (Å²) in [5, 5.41) is 3.38. The highest BCUT2D eigenvalue weighted by Gasteiger charge is 2.14. The zero-order chi connectivity index (χ0) is 10.7. The van der Waals surface area contributed by atoms with E-state index >= 15 is 0 Å². The van der Waals surface area contributed by atoms with Crippen LogP contribution in [-0.2, 0) is 4.74 Å². The molecule has 5 heteroatoms. The molecule has 0 bridgehead atoms. The number of nitrogens with one attached hydrogen (secondary N) is 2. The van der Waals surface area contributed by atoms with E-state index in [1.54, 1.807) is 6.20 Å². The lowest BCUT2D eigenvalue weighted by Gasteiger charge is -2.15. The van der Waals surface area contributed by atoms with E-state index in [1.165, 1.54) is 0 Å². The zero-order valence-corrected chi connectivity index (χ0v) is 9.84. The van der Waals surface area contributed by atoms with Crippen molar-refractivity contribution in [2.75, 3.05) is 19.8 Å². The Kier molecular flexibility index (Phi) is 3.56. The third kappa shape index (κ3) is 2.68. The van der Waals surface area contributed by atoms with Crippen LogP contribution in [0, 0.1) is 0 Å². The van der Waals surface area contributed by atoms with E-state index in [-0.39, 0.29) is 11.6 Å². The monoisotopic (exact) mass is 272 g/mol.